The molecule has 2 aliphatic rings. The van der Waals surface area contributed by atoms with Crippen LogP contribution >= 0.6 is 0 Å². The van der Waals surface area contributed by atoms with Gasteiger partial charge < -0.3 is 30.6 Å². The van der Waals surface area contributed by atoms with Crippen LogP contribution in [-0.4, -0.2) is 48.9 Å². The first-order valence-electron chi connectivity index (χ1n) is 11.1. The van der Waals surface area contributed by atoms with Gasteiger partial charge in [0, 0.05) is 44.6 Å². The Balaban J connectivity index is 0.00000115. The van der Waals surface area contributed by atoms with Crippen LogP contribution in [-0.2, 0) is 27.1 Å². The maximum Gasteiger partial charge on any atom is 0.416 e. The lowest BCUT2D eigenvalue weighted by atomic mass is 9.86. The lowest BCUT2D eigenvalue weighted by molar-refractivity contribution is -0.137. The number of aromatic hydroxyl groups is 1. The Labute approximate surface area is 205 Å². The van der Waals surface area contributed by atoms with E-state index in [4.69, 9.17) is 14.4 Å². The molecule has 1 fully saturated rings. The number of piperidine rings is 1. The van der Waals surface area contributed by atoms with Crippen molar-refractivity contribution in [2.75, 3.05) is 25.1 Å². The molecule has 0 atom stereocenters. The monoisotopic (exact) mass is 508 g/mol. The van der Waals surface area contributed by atoms with Crippen molar-refractivity contribution in [1.29, 1.82) is 0 Å². The highest BCUT2D eigenvalue weighted by molar-refractivity contribution is 6.39. The van der Waals surface area contributed by atoms with Crippen molar-refractivity contribution < 1.29 is 37.4 Å². The summed E-state index contributed by atoms with van der Waals surface area (Å²) in [7, 11) is 1.45. The van der Waals surface area contributed by atoms with Gasteiger partial charge in [-0.25, -0.2) is 0 Å². The zero-order valence-electron chi connectivity index (χ0n) is 19.5. The Bertz CT molecular complexity index is 1100. The zero-order chi connectivity index (χ0) is 26.3. The molecule has 0 saturated carbocycles. The van der Waals surface area contributed by atoms with Gasteiger partial charge in [-0.05, 0) is 42.0 Å². The number of benzene rings is 2. The fraction of sp³-hybridized carbons (Fsp3) is 0.375. The van der Waals surface area contributed by atoms with Gasteiger partial charge in [0.25, 0.3) is 5.91 Å². The minimum absolute atomic E-state index is 0.0192. The van der Waals surface area contributed by atoms with Crippen molar-refractivity contribution in [3.63, 3.8) is 0 Å². The van der Waals surface area contributed by atoms with Gasteiger partial charge in [0.1, 0.15) is 11.3 Å². The van der Waals surface area contributed by atoms with Gasteiger partial charge in [0.05, 0.1) is 12.7 Å². The predicted octanol–water partition coefficient (Wildman–Crippen LogP) is 2.95. The smallest absolute Gasteiger partial charge is 0.416 e. The number of carbonyl (C=O) groups is 2. The Morgan fingerprint density at radius 3 is 2.47 bits per heavy atom. The molecule has 1 spiro atoms. The average Bonchev–Trinajstić information content (AvgIpc) is 3.27. The minimum Gasteiger partial charge on any atom is -0.504 e. The number of primary amides is 1. The van der Waals surface area contributed by atoms with E-state index in [9.17, 15) is 23.1 Å². The zero-order valence-corrected chi connectivity index (χ0v) is 19.5. The van der Waals surface area contributed by atoms with Gasteiger partial charge in [-0.15, -0.1) is 0 Å². The van der Waals surface area contributed by atoms with E-state index in [1.54, 1.807) is 12.1 Å². The first kappa shape index (κ1) is 26.6. The number of alkyl halides is 3. The number of carbonyl (C=O) groups excluding carboxylic acids is 2. The van der Waals surface area contributed by atoms with Crippen molar-refractivity contribution in [3.05, 3.63) is 53.6 Å². The number of nitrogens with zero attached hydrogens (tertiary/aromatic N) is 2. The summed E-state index contributed by atoms with van der Waals surface area (Å²) in [6.07, 6.45) is -2.53. The Morgan fingerprint density at radius 2 is 1.89 bits per heavy atom. The highest BCUT2D eigenvalue weighted by atomic mass is 19.4. The van der Waals surface area contributed by atoms with Crippen LogP contribution in [0.1, 0.15) is 30.4 Å². The number of rotatable bonds is 5. The molecule has 4 rings (SSSR count). The molecule has 9 nitrogen and oxygen atoms in total. The van der Waals surface area contributed by atoms with Crippen LogP contribution in [0.5, 0.6) is 11.5 Å². The van der Waals surface area contributed by atoms with E-state index in [1.165, 1.54) is 25.3 Å². The number of phenolic OH excluding ortho intramolecular Hbond substituents is 1. The summed E-state index contributed by atoms with van der Waals surface area (Å²) in [6, 6.07) is 9.94. The number of oxime groups is 1. The number of hydrogen-bond acceptors (Lipinski definition) is 7. The van der Waals surface area contributed by atoms with E-state index in [2.05, 4.69) is 16.2 Å². The van der Waals surface area contributed by atoms with Crippen molar-refractivity contribution >= 4 is 23.7 Å². The molecular formula is C24H27F3N4O5. The SMILES string of the molecule is COc1cc(CNC(=O)C2=NOC3(CCN(c4ccc(C(F)(F)F)cc4)CC3)C2)ccc1O.NC=O. The third-order valence-electron chi connectivity index (χ3n) is 6.03. The lowest BCUT2D eigenvalue weighted by Gasteiger charge is -2.38. The van der Waals surface area contributed by atoms with Gasteiger partial charge >= 0.3 is 6.18 Å². The number of hydrogen-bond donors (Lipinski definition) is 3. The van der Waals surface area contributed by atoms with Crippen LogP contribution in [0.25, 0.3) is 0 Å². The molecule has 0 radical (unpaired) electrons. The third kappa shape index (κ3) is 6.37. The predicted molar refractivity (Wildman–Crippen MR) is 126 cm³/mol. The van der Waals surface area contributed by atoms with Gasteiger partial charge in [0.15, 0.2) is 11.5 Å². The summed E-state index contributed by atoms with van der Waals surface area (Å²) in [4.78, 5) is 28.8. The van der Waals surface area contributed by atoms with Gasteiger partial charge in [-0.1, -0.05) is 11.2 Å². The highest BCUT2D eigenvalue weighted by Gasteiger charge is 2.43. The molecule has 36 heavy (non-hydrogen) atoms. The van der Waals surface area contributed by atoms with Gasteiger partial charge in [0.2, 0.25) is 6.41 Å². The normalized spacial score (nSPS) is 16.3. The van der Waals surface area contributed by atoms with Crippen LogP contribution in [0.3, 0.4) is 0 Å². The van der Waals surface area contributed by atoms with Crippen LogP contribution in [0.4, 0.5) is 18.9 Å². The van der Waals surface area contributed by atoms with E-state index in [1.807, 2.05) is 4.90 Å². The highest BCUT2D eigenvalue weighted by Crippen LogP contribution is 2.37. The molecule has 0 aliphatic carbocycles. The number of nitrogens with two attached hydrogens (primary N) is 1. The molecule has 2 aromatic rings. The van der Waals surface area contributed by atoms with E-state index in [0.29, 0.717) is 43.8 Å². The molecule has 2 aliphatic heterocycles. The maximum absolute atomic E-state index is 12.8. The second kappa shape index (κ2) is 11.2. The molecule has 12 heteroatoms. The standard InChI is InChI=1S/C23H24F3N3O4.CH3NO/c1-32-20-12-15(2-7-19(20)30)14-27-21(31)18-13-22(33-28-18)8-10-29(11-9-22)17-5-3-16(4-6-17)23(24,25)26;2-1-3/h2-7,12,30H,8-11,13-14H2,1H3,(H,27,31);1H,(H2,2,3). The number of anilines is 1. The Morgan fingerprint density at radius 1 is 1.25 bits per heavy atom. The fourth-order valence-electron chi connectivity index (χ4n) is 4.06. The molecule has 194 valence electrons. The number of nitrogens with one attached hydrogen (secondary N) is 1. The number of ether oxygens (including phenoxy) is 1. The molecule has 0 bridgehead atoms. The number of phenols is 1. The summed E-state index contributed by atoms with van der Waals surface area (Å²) < 4.78 is 43.4. The second-order valence-corrected chi connectivity index (χ2v) is 8.35. The second-order valence-electron chi connectivity index (χ2n) is 8.35. The number of halogens is 3. The van der Waals surface area contributed by atoms with Gasteiger partial charge in [-0.2, -0.15) is 13.2 Å². The van der Waals surface area contributed by atoms with E-state index in [-0.39, 0.29) is 24.6 Å². The first-order chi connectivity index (χ1) is 17.1. The molecule has 0 unspecified atom stereocenters. The van der Waals surface area contributed by atoms with Gasteiger partial charge in [-0.3, -0.25) is 9.59 Å². The molecule has 1 saturated heterocycles. The quantitative estimate of drug-likeness (QED) is 0.533. The van der Waals surface area contributed by atoms with Crippen molar-refractivity contribution in [2.24, 2.45) is 10.9 Å². The van der Waals surface area contributed by atoms with Crippen LogP contribution in [0, 0.1) is 0 Å². The molecule has 2 aromatic carbocycles. The van der Waals surface area contributed by atoms with Crippen LogP contribution in [0.15, 0.2) is 47.6 Å². The Kier molecular flexibility index (Phi) is 8.28. The average molecular weight is 508 g/mol. The summed E-state index contributed by atoms with van der Waals surface area (Å²) >= 11 is 0. The summed E-state index contributed by atoms with van der Waals surface area (Å²) in [5, 5.41) is 16.5. The number of amides is 2. The van der Waals surface area contributed by atoms with E-state index < -0.39 is 17.3 Å². The van der Waals surface area contributed by atoms with Crippen molar-refractivity contribution in [2.45, 2.75) is 37.6 Å². The summed E-state index contributed by atoms with van der Waals surface area (Å²) in [6.45, 7) is 1.41. The first-order valence-corrected chi connectivity index (χ1v) is 11.1. The molecule has 2 heterocycles. The lowest BCUT2D eigenvalue weighted by Crippen LogP contribution is -2.45. The Hall–Kier alpha value is -3.96. The largest absolute Gasteiger partial charge is 0.504 e. The van der Waals surface area contributed by atoms with Crippen molar-refractivity contribution in [3.8, 4) is 11.5 Å². The molecular weight excluding hydrogens is 481 g/mol. The van der Waals surface area contributed by atoms with Crippen LogP contribution in [0.2, 0.25) is 0 Å². The molecule has 4 N–H and O–H groups in total. The minimum atomic E-state index is -4.36. The third-order valence-corrected chi connectivity index (χ3v) is 6.03. The topological polar surface area (TPSA) is 126 Å². The van der Waals surface area contributed by atoms with E-state index >= 15 is 0 Å². The summed E-state index contributed by atoms with van der Waals surface area (Å²) in [5.41, 5.74) is 4.71. The fourth-order valence-corrected chi connectivity index (χ4v) is 4.06. The molecule has 2 amide bonds. The maximum atomic E-state index is 12.8. The van der Waals surface area contributed by atoms with E-state index in [0.717, 1.165) is 23.4 Å². The van der Waals surface area contributed by atoms with Crippen molar-refractivity contribution in [1.82, 2.24) is 5.32 Å². The van der Waals surface area contributed by atoms with Crippen LogP contribution < -0.4 is 20.7 Å². The molecule has 0 aromatic heterocycles. The summed E-state index contributed by atoms with van der Waals surface area (Å²) in [5.74, 6) is 0.0110. The number of methoxy groups -OCH3 is 1.